The maximum Gasteiger partial charge on any atom is 0.500 e. The Morgan fingerprint density at radius 2 is 1.73 bits per heavy atom. The highest BCUT2D eigenvalue weighted by Crippen LogP contribution is 2.14. The quantitative estimate of drug-likeness (QED) is 0.310. The van der Waals surface area contributed by atoms with E-state index >= 15 is 0 Å². The third-order valence-corrected chi connectivity index (χ3v) is 4.85. The van der Waals surface area contributed by atoms with Gasteiger partial charge in [-0.3, -0.25) is 0 Å². The Kier molecular flexibility index (Phi) is 9.21. The molecule has 3 N–H and O–H groups in total. The first-order valence-corrected chi connectivity index (χ1v) is 6.88. The van der Waals surface area contributed by atoms with Gasteiger partial charge in [0.2, 0.25) is 0 Å². The van der Waals surface area contributed by atoms with Gasteiger partial charge in [0.05, 0.1) is 6.61 Å². The predicted octanol–water partition coefficient (Wildman–Crippen LogP) is -0.265. The summed E-state index contributed by atoms with van der Waals surface area (Å²) in [6.45, 7) is 1.76. The fourth-order valence-corrected chi connectivity index (χ4v) is 2.86. The molecule has 0 saturated heterocycles. The molecule has 92 valence electrons. The van der Waals surface area contributed by atoms with Crippen LogP contribution in [0.25, 0.3) is 0 Å². The van der Waals surface area contributed by atoms with E-state index in [1.165, 1.54) is 0 Å². The van der Waals surface area contributed by atoms with Crippen LogP contribution in [0, 0.1) is 0 Å². The second-order valence-corrected chi connectivity index (χ2v) is 6.02. The molecule has 0 atom stereocenters. The minimum atomic E-state index is -2.41. The van der Waals surface area contributed by atoms with Crippen LogP contribution in [0.15, 0.2) is 0 Å². The number of hydroxylamine groups is 1. The molecule has 7 heteroatoms. The van der Waals surface area contributed by atoms with Gasteiger partial charge in [-0.1, -0.05) is 0 Å². The lowest BCUT2D eigenvalue weighted by molar-refractivity contribution is 0.0456. The zero-order valence-electron chi connectivity index (χ0n) is 9.75. The standard InChI is InChI=1S/C8H22N2O4Si/c1-11-15(12-2,13-3)8-4-6-10-14-7-5-9/h10H,4-9H2,1-3H3. The van der Waals surface area contributed by atoms with Crippen molar-refractivity contribution in [3.8, 4) is 0 Å². The zero-order chi connectivity index (χ0) is 11.6. The van der Waals surface area contributed by atoms with Crippen LogP contribution in [0.2, 0.25) is 6.04 Å². The molecule has 0 aromatic rings. The van der Waals surface area contributed by atoms with Gasteiger partial charge in [0.1, 0.15) is 0 Å². The van der Waals surface area contributed by atoms with Crippen molar-refractivity contribution in [1.29, 1.82) is 0 Å². The Morgan fingerprint density at radius 3 is 2.20 bits per heavy atom. The van der Waals surface area contributed by atoms with Gasteiger partial charge in [0.25, 0.3) is 0 Å². The van der Waals surface area contributed by atoms with Gasteiger partial charge in [-0.25, -0.2) is 5.48 Å². The second kappa shape index (κ2) is 9.22. The highest BCUT2D eigenvalue weighted by Gasteiger charge is 2.36. The van der Waals surface area contributed by atoms with E-state index in [1.807, 2.05) is 0 Å². The van der Waals surface area contributed by atoms with E-state index in [1.54, 1.807) is 21.3 Å². The van der Waals surface area contributed by atoms with Gasteiger partial charge in [-0.2, -0.15) is 0 Å². The number of hydrogen-bond acceptors (Lipinski definition) is 6. The van der Waals surface area contributed by atoms with Crippen molar-refractivity contribution in [1.82, 2.24) is 5.48 Å². The topological polar surface area (TPSA) is 75.0 Å². The molecule has 0 aromatic carbocycles. The van der Waals surface area contributed by atoms with E-state index in [0.717, 1.165) is 19.0 Å². The van der Waals surface area contributed by atoms with Crippen molar-refractivity contribution in [3.63, 3.8) is 0 Å². The van der Waals surface area contributed by atoms with E-state index in [9.17, 15) is 0 Å². The van der Waals surface area contributed by atoms with Gasteiger partial charge in [0.15, 0.2) is 0 Å². The number of nitrogens with one attached hydrogen (secondary N) is 1. The van der Waals surface area contributed by atoms with Crippen molar-refractivity contribution < 1.29 is 18.1 Å². The smallest absolute Gasteiger partial charge is 0.377 e. The van der Waals surface area contributed by atoms with Crippen molar-refractivity contribution in [2.45, 2.75) is 12.5 Å². The summed E-state index contributed by atoms with van der Waals surface area (Å²) in [5.74, 6) is 0. The first-order chi connectivity index (χ1) is 7.24. The zero-order valence-corrected chi connectivity index (χ0v) is 10.7. The van der Waals surface area contributed by atoms with E-state index in [2.05, 4.69) is 5.48 Å². The molecule has 0 bridgehead atoms. The first kappa shape index (κ1) is 15.0. The molecule has 15 heavy (non-hydrogen) atoms. The Balaban J connectivity index is 3.54. The second-order valence-electron chi connectivity index (χ2n) is 2.93. The molecule has 0 unspecified atom stereocenters. The lowest BCUT2D eigenvalue weighted by atomic mass is 10.5. The minimum absolute atomic E-state index is 0.514. The average Bonchev–Trinajstić information content (AvgIpc) is 2.29. The van der Waals surface area contributed by atoms with Crippen LogP contribution in [0.1, 0.15) is 6.42 Å². The largest absolute Gasteiger partial charge is 0.500 e. The van der Waals surface area contributed by atoms with Crippen LogP contribution in [0.3, 0.4) is 0 Å². The fourth-order valence-electron chi connectivity index (χ4n) is 1.14. The Labute approximate surface area is 92.3 Å². The van der Waals surface area contributed by atoms with Crippen molar-refractivity contribution >= 4 is 8.80 Å². The average molecular weight is 238 g/mol. The summed E-state index contributed by atoms with van der Waals surface area (Å²) in [4.78, 5) is 5.02. The van der Waals surface area contributed by atoms with E-state index in [4.69, 9.17) is 23.8 Å². The summed E-state index contributed by atoms with van der Waals surface area (Å²) in [7, 11) is 2.42. The molecule has 0 spiro atoms. The normalized spacial score (nSPS) is 12.0. The molecule has 0 saturated carbocycles. The molecule has 0 aliphatic rings. The SMILES string of the molecule is CO[Si](CCCNOCCN)(OC)OC. The van der Waals surface area contributed by atoms with E-state index in [-0.39, 0.29) is 0 Å². The molecule has 0 amide bonds. The van der Waals surface area contributed by atoms with Crippen LogP contribution in [-0.4, -0.2) is 49.8 Å². The Morgan fingerprint density at radius 1 is 1.13 bits per heavy atom. The van der Waals surface area contributed by atoms with Crippen LogP contribution in [0.4, 0.5) is 0 Å². The fraction of sp³-hybridized carbons (Fsp3) is 1.00. The Bertz CT molecular complexity index is 138. The Hall–Kier alpha value is -0.0231. The van der Waals surface area contributed by atoms with Crippen LogP contribution in [-0.2, 0) is 18.1 Å². The first-order valence-electron chi connectivity index (χ1n) is 4.95. The summed E-state index contributed by atoms with van der Waals surface area (Å²) in [5.41, 5.74) is 8.07. The highest BCUT2D eigenvalue weighted by molar-refractivity contribution is 6.60. The van der Waals surface area contributed by atoms with Crippen molar-refractivity contribution in [2.75, 3.05) is 41.0 Å². The molecule has 0 aromatic heterocycles. The highest BCUT2D eigenvalue weighted by atomic mass is 28.4. The monoisotopic (exact) mass is 238 g/mol. The molecule has 0 heterocycles. The van der Waals surface area contributed by atoms with Gasteiger partial charge < -0.3 is 23.8 Å². The summed E-state index contributed by atoms with van der Waals surface area (Å²) in [5, 5.41) is 0. The van der Waals surface area contributed by atoms with Crippen molar-refractivity contribution in [2.24, 2.45) is 5.73 Å². The maximum absolute atomic E-state index is 5.27. The lowest BCUT2D eigenvalue weighted by Crippen LogP contribution is -2.43. The summed E-state index contributed by atoms with van der Waals surface area (Å²) in [6, 6.07) is 0.759. The summed E-state index contributed by atoms with van der Waals surface area (Å²) in [6.07, 6.45) is 0.867. The molecule has 0 rings (SSSR count). The summed E-state index contributed by atoms with van der Waals surface area (Å²) < 4.78 is 15.8. The van der Waals surface area contributed by atoms with Crippen LogP contribution < -0.4 is 11.2 Å². The number of rotatable bonds is 10. The molecule has 0 aliphatic heterocycles. The van der Waals surface area contributed by atoms with Crippen LogP contribution in [0.5, 0.6) is 0 Å². The molecular weight excluding hydrogens is 216 g/mol. The molecular formula is C8H22N2O4Si. The summed E-state index contributed by atoms with van der Waals surface area (Å²) >= 11 is 0. The van der Waals surface area contributed by atoms with Gasteiger partial charge >= 0.3 is 8.80 Å². The number of nitrogens with two attached hydrogens (primary N) is 1. The molecule has 0 fully saturated rings. The third kappa shape index (κ3) is 6.20. The number of hydrogen-bond donors (Lipinski definition) is 2. The van der Waals surface area contributed by atoms with Gasteiger partial charge in [-0.05, 0) is 6.42 Å². The van der Waals surface area contributed by atoms with Crippen LogP contribution >= 0.6 is 0 Å². The molecule has 6 nitrogen and oxygen atoms in total. The third-order valence-electron chi connectivity index (χ3n) is 2.02. The molecule has 0 aliphatic carbocycles. The van der Waals surface area contributed by atoms with Gasteiger partial charge in [-0.15, -0.1) is 0 Å². The minimum Gasteiger partial charge on any atom is -0.377 e. The van der Waals surface area contributed by atoms with Crippen molar-refractivity contribution in [3.05, 3.63) is 0 Å². The molecule has 0 radical (unpaired) electrons. The van der Waals surface area contributed by atoms with Gasteiger partial charge in [0, 0.05) is 40.5 Å². The van der Waals surface area contributed by atoms with E-state index in [0.29, 0.717) is 13.2 Å². The van der Waals surface area contributed by atoms with E-state index < -0.39 is 8.80 Å². The predicted molar refractivity (Wildman–Crippen MR) is 59.2 cm³/mol. The lowest BCUT2D eigenvalue weighted by Gasteiger charge is -2.24. The maximum atomic E-state index is 5.27.